The normalized spacial score (nSPS) is 15.3. The molecule has 1 aliphatic rings. The van der Waals surface area contributed by atoms with Gasteiger partial charge in [-0.2, -0.15) is 0 Å². The maximum atomic E-state index is 5.53. The highest BCUT2D eigenvalue weighted by Gasteiger charge is 2.15. The SMILES string of the molecule is CCc1cc2nc3c(c(=S)n2[nH]1)CCCC3. The van der Waals surface area contributed by atoms with Gasteiger partial charge in [0.05, 0.1) is 0 Å². The van der Waals surface area contributed by atoms with Gasteiger partial charge in [0.15, 0.2) is 5.65 Å². The Hall–Kier alpha value is -1.16. The zero-order chi connectivity index (χ0) is 11.1. The van der Waals surface area contributed by atoms with Crippen molar-refractivity contribution in [2.24, 2.45) is 0 Å². The monoisotopic (exact) mass is 233 g/mol. The smallest absolute Gasteiger partial charge is 0.154 e. The molecule has 0 radical (unpaired) electrons. The molecule has 0 fully saturated rings. The zero-order valence-electron chi connectivity index (χ0n) is 9.42. The first-order valence-corrected chi connectivity index (χ1v) is 6.33. The number of fused-ring (bicyclic) bond motifs is 2. The molecule has 0 amide bonds. The summed E-state index contributed by atoms with van der Waals surface area (Å²) in [4.78, 5) is 4.71. The van der Waals surface area contributed by atoms with E-state index in [1.54, 1.807) is 0 Å². The fourth-order valence-electron chi connectivity index (χ4n) is 2.39. The molecule has 0 aromatic carbocycles. The van der Waals surface area contributed by atoms with Gasteiger partial charge in [0.2, 0.25) is 0 Å². The molecule has 1 N–H and O–H groups in total. The Morgan fingerprint density at radius 1 is 1.44 bits per heavy atom. The highest BCUT2D eigenvalue weighted by atomic mass is 32.1. The minimum absolute atomic E-state index is 0.930. The summed E-state index contributed by atoms with van der Waals surface area (Å²) in [6, 6.07) is 2.10. The number of aromatic amines is 1. The summed E-state index contributed by atoms with van der Waals surface area (Å²) in [5.41, 5.74) is 4.67. The molecular formula is C12H15N3S. The van der Waals surface area contributed by atoms with E-state index in [1.165, 1.54) is 29.8 Å². The summed E-state index contributed by atoms with van der Waals surface area (Å²) in [6.45, 7) is 2.13. The van der Waals surface area contributed by atoms with E-state index in [0.717, 1.165) is 29.6 Å². The van der Waals surface area contributed by atoms with Crippen LogP contribution in [0.5, 0.6) is 0 Å². The molecule has 0 saturated carbocycles. The molecule has 16 heavy (non-hydrogen) atoms. The van der Waals surface area contributed by atoms with Crippen molar-refractivity contribution in [3.63, 3.8) is 0 Å². The van der Waals surface area contributed by atoms with Crippen molar-refractivity contribution in [1.29, 1.82) is 0 Å². The number of hydrogen-bond donors (Lipinski definition) is 1. The fourth-order valence-corrected chi connectivity index (χ4v) is 2.75. The second-order valence-electron chi connectivity index (χ2n) is 4.38. The standard InChI is InChI=1S/C12H15N3S/c1-2-8-7-11-13-10-6-4-3-5-9(10)12(16)15(11)14-8/h7,14H,2-6H2,1H3. The molecule has 0 atom stereocenters. The lowest BCUT2D eigenvalue weighted by molar-refractivity contribution is 0.656. The second-order valence-corrected chi connectivity index (χ2v) is 4.76. The van der Waals surface area contributed by atoms with Gasteiger partial charge in [0.25, 0.3) is 0 Å². The van der Waals surface area contributed by atoms with Crippen LogP contribution in [0.1, 0.15) is 36.7 Å². The van der Waals surface area contributed by atoms with Gasteiger partial charge < -0.3 is 0 Å². The number of nitrogens with zero attached hydrogens (tertiary/aromatic N) is 2. The summed E-state index contributed by atoms with van der Waals surface area (Å²) >= 11 is 5.53. The lowest BCUT2D eigenvalue weighted by Gasteiger charge is -2.14. The van der Waals surface area contributed by atoms with Gasteiger partial charge in [-0.1, -0.05) is 19.1 Å². The van der Waals surface area contributed by atoms with Crippen molar-refractivity contribution in [3.8, 4) is 0 Å². The predicted octanol–water partition coefficient (Wildman–Crippen LogP) is 2.83. The lowest BCUT2D eigenvalue weighted by atomic mass is 9.97. The highest BCUT2D eigenvalue weighted by Crippen LogP contribution is 2.21. The van der Waals surface area contributed by atoms with Gasteiger partial charge >= 0.3 is 0 Å². The molecule has 0 bridgehead atoms. The summed E-state index contributed by atoms with van der Waals surface area (Å²) < 4.78 is 2.89. The number of aromatic nitrogens is 3. The topological polar surface area (TPSA) is 33.1 Å². The summed E-state index contributed by atoms with van der Waals surface area (Å²) in [6.07, 6.45) is 5.65. The second kappa shape index (κ2) is 3.70. The van der Waals surface area contributed by atoms with Gasteiger partial charge in [0.1, 0.15) is 4.64 Å². The van der Waals surface area contributed by atoms with Crippen LogP contribution in [0.4, 0.5) is 0 Å². The molecule has 4 heteroatoms. The Kier molecular flexibility index (Phi) is 2.32. The molecule has 2 heterocycles. The lowest BCUT2D eigenvalue weighted by Crippen LogP contribution is -2.09. The van der Waals surface area contributed by atoms with E-state index < -0.39 is 0 Å². The maximum Gasteiger partial charge on any atom is 0.154 e. The zero-order valence-corrected chi connectivity index (χ0v) is 10.2. The first-order chi connectivity index (χ1) is 7.79. The van der Waals surface area contributed by atoms with Gasteiger partial charge in [-0.25, -0.2) is 9.50 Å². The van der Waals surface area contributed by atoms with Crippen molar-refractivity contribution in [3.05, 3.63) is 27.7 Å². The van der Waals surface area contributed by atoms with Crippen LogP contribution < -0.4 is 0 Å². The van der Waals surface area contributed by atoms with Crippen LogP contribution in [0.25, 0.3) is 5.65 Å². The Morgan fingerprint density at radius 2 is 2.25 bits per heavy atom. The van der Waals surface area contributed by atoms with E-state index in [4.69, 9.17) is 17.2 Å². The van der Waals surface area contributed by atoms with Gasteiger partial charge in [-0.05, 0) is 32.1 Å². The molecule has 1 aliphatic carbocycles. The van der Waals surface area contributed by atoms with E-state index in [-0.39, 0.29) is 0 Å². The number of nitrogens with one attached hydrogen (secondary N) is 1. The molecule has 2 aromatic rings. The van der Waals surface area contributed by atoms with Crippen molar-refractivity contribution in [2.45, 2.75) is 39.0 Å². The fraction of sp³-hybridized carbons (Fsp3) is 0.500. The van der Waals surface area contributed by atoms with Crippen molar-refractivity contribution in [2.75, 3.05) is 0 Å². The summed E-state index contributed by atoms with van der Waals surface area (Å²) in [5.74, 6) is 0. The molecule has 3 nitrogen and oxygen atoms in total. The van der Waals surface area contributed by atoms with E-state index >= 15 is 0 Å². The van der Waals surface area contributed by atoms with Crippen LogP contribution in [-0.2, 0) is 19.3 Å². The van der Waals surface area contributed by atoms with Crippen LogP contribution >= 0.6 is 12.2 Å². The summed E-state index contributed by atoms with van der Waals surface area (Å²) in [7, 11) is 0. The quantitative estimate of drug-likeness (QED) is 0.768. The third kappa shape index (κ3) is 1.40. The molecular weight excluding hydrogens is 218 g/mol. The van der Waals surface area contributed by atoms with Crippen LogP contribution in [0.2, 0.25) is 0 Å². The molecule has 0 aliphatic heterocycles. The highest BCUT2D eigenvalue weighted by molar-refractivity contribution is 7.71. The molecule has 0 saturated heterocycles. The Balaban J connectivity index is 2.32. The number of hydrogen-bond acceptors (Lipinski definition) is 2. The van der Waals surface area contributed by atoms with Gasteiger partial charge in [0, 0.05) is 23.0 Å². The Bertz CT molecular complexity index is 594. The average molecular weight is 233 g/mol. The largest absolute Gasteiger partial charge is 0.296 e. The van der Waals surface area contributed by atoms with Crippen molar-refractivity contribution in [1.82, 2.24) is 14.6 Å². The average Bonchev–Trinajstić information content (AvgIpc) is 2.73. The van der Waals surface area contributed by atoms with Gasteiger partial charge in [-0.15, -0.1) is 0 Å². The number of H-pyrrole nitrogens is 1. The molecule has 2 aromatic heterocycles. The van der Waals surface area contributed by atoms with Gasteiger partial charge in [-0.3, -0.25) is 5.10 Å². The minimum atomic E-state index is 0.930. The van der Waals surface area contributed by atoms with E-state index in [1.807, 2.05) is 4.52 Å². The number of rotatable bonds is 1. The summed E-state index contributed by atoms with van der Waals surface area (Å²) in [5, 5.41) is 3.31. The van der Waals surface area contributed by atoms with Crippen LogP contribution in [0, 0.1) is 4.64 Å². The molecule has 84 valence electrons. The Morgan fingerprint density at radius 3 is 3.06 bits per heavy atom. The first kappa shape index (κ1) is 10.0. The molecule has 0 unspecified atom stereocenters. The molecule has 0 spiro atoms. The minimum Gasteiger partial charge on any atom is -0.296 e. The Labute approximate surface area is 99.5 Å². The maximum absolute atomic E-state index is 5.53. The predicted molar refractivity (Wildman–Crippen MR) is 66.4 cm³/mol. The number of aryl methyl sites for hydroxylation is 2. The van der Waals surface area contributed by atoms with Crippen molar-refractivity contribution >= 4 is 17.9 Å². The first-order valence-electron chi connectivity index (χ1n) is 5.92. The third-order valence-electron chi connectivity index (χ3n) is 3.32. The third-order valence-corrected chi connectivity index (χ3v) is 3.75. The van der Waals surface area contributed by atoms with E-state index in [2.05, 4.69) is 18.1 Å². The van der Waals surface area contributed by atoms with E-state index in [0.29, 0.717) is 0 Å². The van der Waals surface area contributed by atoms with Crippen LogP contribution in [0.3, 0.4) is 0 Å². The molecule has 3 rings (SSSR count). The van der Waals surface area contributed by atoms with Crippen LogP contribution in [0.15, 0.2) is 6.07 Å². The van der Waals surface area contributed by atoms with Crippen molar-refractivity contribution < 1.29 is 0 Å². The van der Waals surface area contributed by atoms with E-state index in [9.17, 15) is 0 Å². The van der Waals surface area contributed by atoms with Crippen LogP contribution in [-0.4, -0.2) is 14.6 Å².